The largest absolute Gasteiger partial charge is 0.339 e. The lowest BCUT2D eigenvalue weighted by atomic mass is 10.0. The second-order valence-electron chi connectivity index (χ2n) is 8.40. The average molecular weight is 416 g/mol. The van der Waals surface area contributed by atoms with Crippen LogP contribution in [-0.4, -0.2) is 25.5 Å². The highest BCUT2D eigenvalue weighted by Gasteiger charge is 2.15. The first-order valence-electron chi connectivity index (χ1n) is 11.0. The number of nitrogens with zero attached hydrogens (tertiary/aromatic N) is 1. The quantitative estimate of drug-likeness (QED) is 0.369. The van der Waals surface area contributed by atoms with Crippen molar-refractivity contribution in [2.45, 2.75) is 77.5 Å². The molecule has 160 valence electrons. The van der Waals surface area contributed by atoms with Crippen LogP contribution in [0.25, 0.3) is 0 Å². The third kappa shape index (κ3) is 7.50. The molecule has 0 saturated carbocycles. The van der Waals surface area contributed by atoms with Gasteiger partial charge in [-0.05, 0) is 76.8 Å². The van der Waals surface area contributed by atoms with E-state index in [2.05, 4.69) is 67.3 Å². The van der Waals surface area contributed by atoms with Crippen LogP contribution in [0.5, 0.6) is 0 Å². The summed E-state index contributed by atoms with van der Waals surface area (Å²) in [4.78, 5) is 2.36. The Bertz CT molecular complexity index is 812. The monoisotopic (exact) mass is 415 g/mol. The minimum absolute atomic E-state index is 0.251. The van der Waals surface area contributed by atoms with Gasteiger partial charge in [-0.2, -0.15) is 0 Å². The minimum atomic E-state index is -2.88. The molecule has 0 spiro atoms. The average Bonchev–Trinajstić information content (AvgIpc) is 2.69. The highest BCUT2D eigenvalue weighted by Crippen LogP contribution is 2.28. The van der Waals surface area contributed by atoms with Gasteiger partial charge in [0.15, 0.2) is 9.84 Å². The standard InChI is InChI=1S/C25H37NO2S/c1-21(2)26(24-14-10-8-11-15-24)25-18-16-23(17-19-25)13-9-6-5-7-12-20-29(27,28)22(3)4/h8,10-11,14-19,21-22H,5-7,9,12-13,20H2,1-4H3. The summed E-state index contributed by atoms with van der Waals surface area (Å²) in [5.74, 6) is 0.333. The van der Waals surface area contributed by atoms with E-state index in [4.69, 9.17) is 0 Å². The Morgan fingerprint density at radius 2 is 1.28 bits per heavy atom. The van der Waals surface area contributed by atoms with Crippen LogP contribution in [0.1, 0.15) is 65.4 Å². The Morgan fingerprint density at radius 3 is 1.86 bits per heavy atom. The van der Waals surface area contributed by atoms with Gasteiger partial charge in [-0.3, -0.25) is 0 Å². The number of hydrogen-bond donors (Lipinski definition) is 0. The maximum atomic E-state index is 11.8. The van der Waals surface area contributed by atoms with Crippen molar-refractivity contribution in [3.63, 3.8) is 0 Å². The van der Waals surface area contributed by atoms with Crippen molar-refractivity contribution in [1.29, 1.82) is 0 Å². The van der Waals surface area contributed by atoms with Crippen LogP contribution in [0.2, 0.25) is 0 Å². The van der Waals surface area contributed by atoms with Gasteiger partial charge < -0.3 is 4.90 Å². The number of anilines is 2. The fraction of sp³-hybridized carbons (Fsp3) is 0.520. The number of aryl methyl sites for hydroxylation is 1. The van der Waals surface area contributed by atoms with E-state index in [0.29, 0.717) is 11.8 Å². The summed E-state index contributed by atoms with van der Waals surface area (Å²) in [6.07, 6.45) is 6.30. The Kier molecular flexibility index (Phi) is 9.22. The van der Waals surface area contributed by atoms with E-state index in [1.165, 1.54) is 16.9 Å². The molecule has 0 fully saturated rings. The number of hydrogen-bond acceptors (Lipinski definition) is 3. The molecular weight excluding hydrogens is 378 g/mol. The van der Waals surface area contributed by atoms with Crippen molar-refractivity contribution < 1.29 is 8.42 Å². The van der Waals surface area contributed by atoms with Crippen molar-refractivity contribution in [2.75, 3.05) is 10.7 Å². The molecule has 0 atom stereocenters. The predicted molar refractivity (Wildman–Crippen MR) is 126 cm³/mol. The summed E-state index contributed by atoms with van der Waals surface area (Å²) in [5, 5.41) is -0.251. The van der Waals surface area contributed by atoms with Crippen LogP contribution in [-0.2, 0) is 16.3 Å². The van der Waals surface area contributed by atoms with Crippen molar-refractivity contribution in [2.24, 2.45) is 0 Å². The molecule has 0 heterocycles. The zero-order chi connectivity index (χ0) is 21.3. The lowest BCUT2D eigenvalue weighted by molar-refractivity contribution is 0.577. The molecule has 0 amide bonds. The van der Waals surface area contributed by atoms with Gasteiger partial charge in [-0.25, -0.2) is 8.42 Å². The van der Waals surface area contributed by atoms with Gasteiger partial charge in [0.25, 0.3) is 0 Å². The minimum Gasteiger partial charge on any atom is -0.339 e. The first-order valence-corrected chi connectivity index (χ1v) is 12.7. The van der Waals surface area contributed by atoms with Crippen LogP contribution in [0.4, 0.5) is 11.4 Å². The molecule has 0 radical (unpaired) electrons. The molecule has 2 rings (SSSR count). The molecule has 0 aliphatic rings. The van der Waals surface area contributed by atoms with Crippen molar-refractivity contribution >= 4 is 21.2 Å². The summed E-state index contributed by atoms with van der Waals surface area (Å²) in [5.41, 5.74) is 3.81. The third-order valence-electron chi connectivity index (χ3n) is 5.38. The van der Waals surface area contributed by atoms with Gasteiger partial charge in [-0.1, -0.05) is 49.6 Å². The first-order chi connectivity index (χ1) is 13.8. The summed E-state index contributed by atoms with van der Waals surface area (Å²) in [7, 11) is -2.88. The molecule has 0 saturated heterocycles. The van der Waals surface area contributed by atoms with E-state index in [1.807, 2.05) is 6.07 Å². The molecule has 0 aromatic heterocycles. The normalized spacial score (nSPS) is 11.9. The van der Waals surface area contributed by atoms with E-state index >= 15 is 0 Å². The second kappa shape index (κ2) is 11.4. The lowest BCUT2D eigenvalue weighted by Crippen LogP contribution is -2.25. The molecule has 4 heteroatoms. The Balaban J connectivity index is 1.76. The maximum absolute atomic E-state index is 11.8. The van der Waals surface area contributed by atoms with Crippen LogP contribution >= 0.6 is 0 Å². The van der Waals surface area contributed by atoms with Crippen LogP contribution in [0, 0.1) is 0 Å². The number of sulfone groups is 1. The molecule has 0 unspecified atom stereocenters. The number of benzene rings is 2. The molecule has 0 bridgehead atoms. The fourth-order valence-corrected chi connectivity index (χ4v) is 4.63. The predicted octanol–water partition coefficient (Wildman–Crippen LogP) is 6.55. The zero-order valence-corrected chi connectivity index (χ0v) is 19.3. The highest BCUT2D eigenvalue weighted by molar-refractivity contribution is 7.91. The molecule has 2 aromatic carbocycles. The first kappa shape index (κ1) is 23.5. The Labute approximate surface area is 178 Å². The van der Waals surface area contributed by atoms with E-state index in [1.54, 1.807) is 13.8 Å². The topological polar surface area (TPSA) is 37.4 Å². The van der Waals surface area contributed by atoms with E-state index in [0.717, 1.165) is 38.5 Å². The summed E-state index contributed by atoms with van der Waals surface area (Å²) >= 11 is 0. The molecule has 0 aliphatic heterocycles. The summed E-state index contributed by atoms with van der Waals surface area (Å²) < 4.78 is 23.6. The number of para-hydroxylation sites is 1. The summed E-state index contributed by atoms with van der Waals surface area (Å²) in [6.45, 7) is 7.96. The van der Waals surface area contributed by atoms with Crippen LogP contribution in [0.15, 0.2) is 54.6 Å². The van der Waals surface area contributed by atoms with Crippen molar-refractivity contribution in [3.05, 3.63) is 60.2 Å². The second-order valence-corrected chi connectivity index (χ2v) is 11.1. The van der Waals surface area contributed by atoms with Gasteiger partial charge in [0.05, 0.1) is 11.0 Å². The van der Waals surface area contributed by atoms with Gasteiger partial charge in [0.2, 0.25) is 0 Å². The summed E-state index contributed by atoms with van der Waals surface area (Å²) in [6, 6.07) is 19.8. The van der Waals surface area contributed by atoms with Crippen molar-refractivity contribution in [1.82, 2.24) is 0 Å². The van der Waals surface area contributed by atoms with Gasteiger partial charge in [0, 0.05) is 17.4 Å². The fourth-order valence-electron chi connectivity index (χ4n) is 3.56. The van der Waals surface area contributed by atoms with E-state index in [-0.39, 0.29) is 5.25 Å². The van der Waals surface area contributed by atoms with Gasteiger partial charge in [-0.15, -0.1) is 0 Å². The maximum Gasteiger partial charge on any atom is 0.152 e. The van der Waals surface area contributed by atoms with Crippen molar-refractivity contribution in [3.8, 4) is 0 Å². The van der Waals surface area contributed by atoms with Gasteiger partial charge >= 0.3 is 0 Å². The Hall–Kier alpha value is -1.81. The van der Waals surface area contributed by atoms with E-state index in [9.17, 15) is 8.42 Å². The molecule has 0 aliphatic carbocycles. The highest BCUT2D eigenvalue weighted by atomic mass is 32.2. The Morgan fingerprint density at radius 1 is 0.724 bits per heavy atom. The van der Waals surface area contributed by atoms with E-state index < -0.39 is 9.84 Å². The van der Waals surface area contributed by atoms with Crippen LogP contribution < -0.4 is 4.90 Å². The lowest BCUT2D eigenvalue weighted by Gasteiger charge is -2.29. The molecule has 3 nitrogen and oxygen atoms in total. The third-order valence-corrected chi connectivity index (χ3v) is 7.67. The smallest absolute Gasteiger partial charge is 0.152 e. The molecule has 2 aromatic rings. The van der Waals surface area contributed by atoms with Gasteiger partial charge in [0.1, 0.15) is 0 Å². The SMILES string of the molecule is CC(C)N(c1ccccc1)c1ccc(CCCCCCCS(=O)(=O)C(C)C)cc1. The zero-order valence-electron chi connectivity index (χ0n) is 18.5. The molecule has 29 heavy (non-hydrogen) atoms. The number of rotatable bonds is 12. The van der Waals surface area contributed by atoms with Crippen LogP contribution in [0.3, 0.4) is 0 Å². The molecule has 0 N–H and O–H groups in total. The number of unbranched alkanes of at least 4 members (excludes halogenated alkanes) is 4. The molecular formula is C25H37NO2S.